The lowest BCUT2D eigenvalue weighted by Crippen LogP contribution is -2.34. The molecule has 0 aliphatic heterocycles. The highest BCUT2D eigenvalue weighted by atomic mass is 35.5. The first-order valence-electron chi connectivity index (χ1n) is 8.01. The van der Waals surface area contributed by atoms with Gasteiger partial charge >= 0.3 is 5.97 Å². The predicted molar refractivity (Wildman–Crippen MR) is 101 cm³/mol. The SMILES string of the molecule is O=C(Cc1csc(-c2ccccc2Cl)n1)NC(C(=O)O)c1ccc(F)c(F)c1. The molecular formula is C19H13ClF2N2O3S. The standard InChI is InChI=1S/C19H13ClF2N2O3S/c20-13-4-2-1-3-12(13)18-23-11(9-28-18)8-16(25)24-17(19(26)27)10-5-6-14(21)15(22)7-10/h1-7,9,17H,8H2,(H,24,25)(H,26,27). The van der Waals surface area contributed by atoms with Crippen LogP contribution >= 0.6 is 22.9 Å². The average molecular weight is 423 g/mol. The van der Waals surface area contributed by atoms with Crippen molar-refractivity contribution in [2.45, 2.75) is 12.5 Å². The van der Waals surface area contributed by atoms with E-state index in [1.807, 2.05) is 6.07 Å². The molecule has 0 saturated heterocycles. The van der Waals surface area contributed by atoms with Crippen molar-refractivity contribution in [1.82, 2.24) is 10.3 Å². The number of carboxylic acids is 1. The zero-order valence-corrected chi connectivity index (χ0v) is 15.7. The van der Waals surface area contributed by atoms with Crippen molar-refractivity contribution in [2.24, 2.45) is 0 Å². The van der Waals surface area contributed by atoms with Crippen LogP contribution in [0.5, 0.6) is 0 Å². The number of nitrogens with one attached hydrogen (secondary N) is 1. The lowest BCUT2D eigenvalue weighted by Gasteiger charge is -2.14. The summed E-state index contributed by atoms with van der Waals surface area (Å²) in [5.74, 6) is -4.31. The maximum Gasteiger partial charge on any atom is 0.330 e. The summed E-state index contributed by atoms with van der Waals surface area (Å²) in [5, 5.41) is 14.5. The maximum absolute atomic E-state index is 13.4. The van der Waals surface area contributed by atoms with Crippen molar-refractivity contribution < 1.29 is 23.5 Å². The third-order valence-electron chi connectivity index (χ3n) is 3.83. The molecule has 0 spiro atoms. The molecule has 1 aromatic heterocycles. The molecule has 9 heteroatoms. The number of nitrogens with zero attached hydrogens (tertiary/aromatic N) is 1. The van der Waals surface area contributed by atoms with E-state index in [-0.39, 0.29) is 12.0 Å². The Kier molecular flexibility index (Phi) is 6.01. The molecule has 0 saturated carbocycles. The second-order valence-corrected chi connectivity index (χ2v) is 7.08. The third-order valence-corrected chi connectivity index (χ3v) is 5.08. The summed E-state index contributed by atoms with van der Waals surface area (Å²) in [6.45, 7) is 0. The summed E-state index contributed by atoms with van der Waals surface area (Å²) < 4.78 is 26.4. The number of rotatable bonds is 6. The van der Waals surface area contributed by atoms with Gasteiger partial charge in [-0.25, -0.2) is 18.6 Å². The van der Waals surface area contributed by atoms with Crippen molar-refractivity contribution in [3.63, 3.8) is 0 Å². The molecule has 3 rings (SSSR count). The van der Waals surface area contributed by atoms with Crippen LogP contribution in [-0.2, 0) is 16.0 Å². The Bertz CT molecular complexity index is 1040. The van der Waals surface area contributed by atoms with Crippen molar-refractivity contribution in [3.05, 3.63) is 75.8 Å². The molecule has 144 valence electrons. The topological polar surface area (TPSA) is 79.3 Å². The van der Waals surface area contributed by atoms with Crippen LogP contribution in [0.1, 0.15) is 17.3 Å². The summed E-state index contributed by atoms with van der Waals surface area (Å²) >= 11 is 7.43. The Labute approximate surface area is 167 Å². The molecule has 1 heterocycles. The average Bonchev–Trinajstić information content (AvgIpc) is 3.10. The first-order valence-corrected chi connectivity index (χ1v) is 9.27. The number of halogens is 3. The Balaban J connectivity index is 1.73. The van der Waals surface area contributed by atoms with E-state index in [0.29, 0.717) is 15.7 Å². The van der Waals surface area contributed by atoms with Crippen LogP contribution in [0.3, 0.4) is 0 Å². The number of carbonyl (C=O) groups excluding carboxylic acids is 1. The van der Waals surface area contributed by atoms with E-state index >= 15 is 0 Å². The number of hydrogen-bond acceptors (Lipinski definition) is 4. The summed E-state index contributed by atoms with van der Waals surface area (Å²) in [6.07, 6.45) is -0.172. The first kappa shape index (κ1) is 19.9. The second-order valence-electron chi connectivity index (χ2n) is 5.81. The van der Waals surface area contributed by atoms with Crippen LogP contribution in [0.25, 0.3) is 10.6 Å². The van der Waals surface area contributed by atoms with E-state index in [0.717, 1.165) is 23.8 Å². The van der Waals surface area contributed by atoms with Gasteiger partial charge in [0.15, 0.2) is 17.7 Å². The van der Waals surface area contributed by atoms with Gasteiger partial charge in [0.25, 0.3) is 0 Å². The van der Waals surface area contributed by atoms with Gasteiger partial charge in [-0.15, -0.1) is 11.3 Å². The maximum atomic E-state index is 13.4. The van der Waals surface area contributed by atoms with Crippen molar-refractivity contribution in [1.29, 1.82) is 0 Å². The Morgan fingerprint density at radius 1 is 1.18 bits per heavy atom. The third kappa shape index (κ3) is 4.52. The van der Waals surface area contributed by atoms with Crippen LogP contribution in [0.15, 0.2) is 47.8 Å². The largest absolute Gasteiger partial charge is 0.479 e. The van der Waals surface area contributed by atoms with Crippen LogP contribution in [0, 0.1) is 11.6 Å². The summed E-state index contributed by atoms with van der Waals surface area (Å²) in [4.78, 5) is 28.1. The van der Waals surface area contributed by atoms with Gasteiger partial charge in [-0.05, 0) is 23.8 Å². The van der Waals surface area contributed by atoms with Gasteiger partial charge in [0, 0.05) is 10.9 Å². The molecule has 0 aliphatic carbocycles. The second kappa shape index (κ2) is 8.45. The number of carboxylic acid groups (broad SMARTS) is 1. The molecule has 5 nitrogen and oxygen atoms in total. The van der Waals surface area contributed by atoms with Gasteiger partial charge in [-0.2, -0.15) is 0 Å². The number of carbonyl (C=O) groups is 2. The van der Waals surface area contributed by atoms with Gasteiger partial charge in [-0.3, -0.25) is 4.79 Å². The molecule has 3 aromatic rings. The number of benzene rings is 2. The summed E-state index contributed by atoms with van der Waals surface area (Å²) in [6, 6.07) is 8.28. The number of aliphatic carboxylic acids is 1. The predicted octanol–water partition coefficient (Wildman–Crippen LogP) is 4.23. The summed E-state index contributed by atoms with van der Waals surface area (Å²) in [7, 11) is 0. The van der Waals surface area contributed by atoms with Crippen LogP contribution in [0.4, 0.5) is 8.78 Å². The van der Waals surface area contributed by atoms with E-state index in [1.165, 1.54) is 11.3 Å². The Morgan fingerprint density at radius 3 is 2.61 bits per heavy atom. The van der Waals surface area contributed by atoms with E-state index in [4.69, 9.17) is 11.6 Å². The van der Waals surface area contributed by atoms with E-state index in [9.17, 15) is 23.5 Å². The summed E-state index contributed by atoms with van der Waals surface area (Å²) in [5.41, 5.74) is 1.09. The quantitative estimate of drug-likeness (QED) is 0.623. The highest BCUT2D eigenvalue weighted by molar-refractivity contribution is 7.13. The Morgan fingerprint density at radius 2 is 1.93 bits per heavy atom. The minimum absolute atomic E-state index is 0.0743. The molecule has 2 aromatic carbocycles. The zero-order valence-electron chi connectivity index (χ0n) is 14.2. The highest BCUT2D eigenvalue weighted by Gasteiger charge is 2.24. The zero-order chi connectivity index (χ0) is 20.3. The fraction of sp³-hybridized carbons (Fsp3) is 0.105. The molecule has 1 atom stereocenters. The van der Waals surface area contributed by atoms with E-state index in [1.54, 1.807) is 23.6 Å². The van der Waals surface area contributed by atoms with Crippen LogP contribution in [-0.4, -0.2) is 22.0 Å². The molecule has 28 heavy (non-hydrogen) atoms. The number of amides is 1. The smallest absolute Gasteiger partial charge is 0.330 e. The van der Waals surface area contributed by atoms with Gasteiger partial charge < -0.3 is 10.4 Å². The molecule has 1 amide bonds. The van der Waals surface area contributed by atoms with Gasteiger partial charge in [-0.1, -0.05) is 35.9 Å². The van der Waals surface area contributed by atoms with E-state index < -0.39 is 29.6 Å². The van der Waals surface area contributed by atoms with E-state index in [2.05, 4.69) is 10.3 Å². The van der Waals surface area contributed by atoms with Gasteiger partial charge in [0.2, 0.25) is 5.91 Å². The lowest BCUT2D eigenvalue weighted by atomic mass is 10.1. The monoisotopic (exact) mass is 422 g/mol. The molecule has 0 radical (unpaired) electrons. The van der Waals surface area contributed by atoms with Crippen LogP contribution < -0.4 is 5.32 Å². The minimum atomic E-state index is -1.51. The first-order chi connectivity index (χ1) is 13.3. The van der Waals surface area contributed by atoms with Crippen molar-refractivity contribution >= 4 is 34.8 Å². The molecule has 2 N–H and O–H groups in total. The van der Waals surface area contributed by atoms with Gasteiger partial charge in [0.05, 0.1) is 17.1 Å². The number of aromatic nitrogens is 1. The molecule has 0 fully saturated rings. The molecule has 1 unspecified atom stereocenters. The van der Waals surface area contributed by atoms with Crippen molar-refractivity contribution in [2.75, 3.05) is 0 Å². The number of thiazole rings is 1. The fourth-order valence-electron chi connectivity index (χ4n) is 2.50. The molecule has 0 aliphatic rings. The normalized spacial score (nSPS) is 11.8. The van der Waals surface area contributed by atoms with Gasteiger partial charge in [0.1, 0.15) is 5.01 Å². The van der Waals surface area contributed by atoms with Crippen molar-refractivity contribution in [3.8, 4) is 10.6 Å². The highest BCUT2D eigenvalue weighted by Crippen LogP contribution is 2.30. The molecular weight excluding hydrogens is 410 g/mol. The number of hydrogen-bond donors (Lipinski definition) is 2. The molecule has 0 bridgehead atoms. The minimum Gasteiger partial charge on any atom is -0.479 e. The van der Waals surface area contributed by atoms with Crippen LogP contribution in [0.2, 0.25) is 5.02 Å². The lowest BCUT2D eigenvalue weighted by molar-refractivity contribution is -0.142. The fourth-order valence-corrected chi connectivity index (χ4v) is 3.64. The Hall–Kier alpha value is -2.84.